The molecule has 0 saturated carbocycles. The second kappa shape index (κ2) is 6.43. The van der Waals surface area contributed by atoms with Crippen molar-refractivity contribution in [3.8, 4) is 0 Å². The summed E-state index contributed by atoms with van der Waals surface area (Å²) in [6, 6.07) is 9.81. The monoisotopic (exact) mass is 209 g/mol. The van der Waals surface area contributed by atoms with Crippen molar-refractivity contribution in [3.63, 3.8) is 0 Å². The molecule has 0 heterocycles. The third-order valence-corrected chi connectivity index (χ3v) is 1.94. The molecule has 1 unspecified atom stereocenters. The van der Waals surface area contributed by atoms with E-state index in [-0.39, 0.29) is 6.10 Å². The first-order valence-corrected chi connectivity index (χ1v) is 5.27. The lowest BCUT2D eigenvalue weighted by atomic mass is 10.3. The maximum atomic E-state index is 9.57. The predicted octanol–water partition coefficient (Wildman–Crippen LogP) is 1.88. The highest BCUT2D eigenvalue weighted by atomic mass is 16.5. The van der Waals surface area contributed by atoms with Crippen LogP contribution in [-0.4, -0.2) is 30.5 Å². The van der Waals surface area contributed by atoms with Gasteiger partial charge in [-0.25, -0.2) is 0 Å². The number of nitrogens with one attached hydrogen (secondary N) is 1. The fourth-order valence-corrected chi connectivity index (χ4v) is 1.15. The number of aliphatic hydroxyl groups excluding tert-OH is 1. The molecule has 3 heteroatoms. The van der Waals surface area contributed by atoms with Gasteiger partial charge in [-0.15, -0.1) is 0 Å². The van der Waals surface area contributed by atoms with E-state index in [1.165, 1.54) is 0 Å². The molecule has 1 aromatic rings. The molecule has 3 nitrogen and oxygen atoms in total. The fourth-order valence-electron chi connectivity index (χ4n) is 1.15. The molecule has 1 atom stereocenters. The predicted molar refractivity (Wildman–Crippen MR) is 62.0 cm³/mol. The summed E-state index contributed by atoms with van der Waals surface area (Å²) < 4.78 is 5.30. The molecule has 1 aromatic carbocycles. The van der Waals surface area contributed by atoms with Crippen LogP contribution in [-0.2, 0) is 4.74 Å². The minimum absolute atomic E-state index is 0.163. The molecule has 2 N–H and O–H groups in total. The molecule has 0 spiro atoms. The highest BCUT2D eigenvalue weighted by Gasteiger charge is 2.04. The van der Waals surface area contributed by atoms with Crippen LogP contribution in [0.2, 0.25) is 0 Å². The summed E-state index contributed by atoms with van der Waals surface area (Å²) in [4.78, 5) is 0. The molecule has 0 amide bonds. The van der Waals surface area contributed by atoms with Crippen LogP contribution in [0.25, 0.3) is 0 Å². The Labute approximate surface area is 91.1 Å². The van der Waals surface area contributed by atoms with E-state index < -0.39 is 6.10 Å². The Morgan fingerprint density at radius 3 is 2.53 bits per heavy atom. The van der Waals surface area contributed by atoms with Gasteiger partial charge < -0.3 is 15.2 Å². The SMILES string of the molecule is CC(C)OCC(O)CNc1ccccc1. The van der Waals surface area contributed by atoms with E-state index in [2.05, 4.69) is 5.32 Å². The molecule has 0 aliphatic rings. The summed E-state index contributed by atoms with van der Waals surface area (Å²) in [6.07, 6.45) is -0.302. The molecular weight excluding hydrogens is 190 g/mol. The lowest BCUT2D eigenvalue weighted by Gasteiger charge is -2.14. The third-order valence-electron chi connectivity index (χ3n) is 1.94. The molecule has 0 fully saturated rings. The van der Waals surface area contributed by atoms with E-state index in [1.54, 1.807) is 0 Å². The molecule has 0 aliphatic heterocycles. The third kappa shape index (κ3) is 5.40. The van der Waals surface area contributed by atoms with E-state index in [9.17, 15) is 5.11 Å². The minimum atomic E-state index is -0.465. The smallest absolute Gasteiger partial charge is 0.0945 e. The Kier molecular flexibility index (Phi) is 5.15. The summed E-state index contributed by atoms with van der Waals surface area (Å²) in [7, 11) is 0. The van der Waals surface area contributed by atoms with Gasteiger partial charge >= 0.3 is 0 Å². The van der Waals surface area contributed by atoms with Crippen molar-refractivity contribution in [3.05, 3.63) is 30.3 Å². The zero-order valence-electron chi connectivity index (χ0n) is 9.31. The second-order valence-electron chi connectivity index (χ2n) is 3.78. The summed E-state index contributed by atoms with van der Waals surface area (Å²) in [6.45, 7) is 4.79. The van der Waals surface area contributed by atoms with Crippen molar-refractivity contribution < 1.29 is 9.84 Å². The van der Waals surface area contributed by atoms with Crippen LogP contribution in [0, 0.1) is 0 Å². The van der Waals surface area contributed by atoms with Crippen LogP contribution in [0.15, 0.2) is 30.3 Å². The van der Waals surface area contributed by atoms with Crippen LogP contribution < -0.4 is 5.32 Å². The number of hydrogen-bond donors (Lipinski definition) is 2. The Bertz CT molecular complexity index is 262. The summed E-state index contributed by atoms with van der Waals surface area (Å²) in [5, 5.41) is 12.7. The molecule has 1 rings (SSSR count). The first kappa shape index (κ1) is 12.0. The molecule has 0 aliphatic carbocycles. The number of rotatable bonds is 6. The lowest BCUT2D eigenvalue weighted by Crippen LogP contribution is -2.26. The minimum Gasteiger partial charge on any atom is -0.389 e. The Hall–Kier alpha value is -1.06. The van der Waals surface area contributed by atoms with E-state index in [0.29, 0.717) is 13.2 Å². The van der Waals surface area contributed by atoms with E-state index in [4.69, 9.17) is 4.74 Å². The molecule has 84 valence electrons. The van der Waals surface area contributed by atoms with E-state index in [1.807, 2.05) is 44.2 Å². The average Bonchev–Trinajstić information content (AvgIpc) is 2.25. The van der Waals surface area contributed by atoms with Gasteiger partial charge in [0.2, 0.25) is 0 Å². The highest BCUT2D eigenvalue weighted by molar-refractivity contribution is 5.42. The van der Waals surface area contributed by atoms with Crippen LogP contribution in [0.4, 0.5) is 5.69 Å². The maximum absolute atomic E-state index is 9.57. The van der Waals surface area contributed by atoms with Crippen molar-refractivity contribution in [2.45, 2.75) is 26.1 Å². The second-order valence-corrected chi connectivity index (χ2v) is 3.78. The number of aliphatic hydroxyl groups is 1. The van der Waals surface area contributed by atoms with Gasteiger partial charge in [-0.2, -0.15) is 0 Å². The van der Waals surface area contributed by atoms with Crippen LogP contribution in [0.5, 0.6) is 0 Å². The Morgan fingerprint density at radius 2 is 1.93 bits per heavy atom. The van der Waals surface area contributed by atoms with Gasteiger partial charge in [0.25, 0.3) is 0 Å². The summed E-state index contributed by atoms with van der Waals surface area (Å²) in [5.41, 5.74) is 1.01. The molecule has 0 bridgehead atoms. The number of para-hydroxylation sites is 1. The topological polar surface area (TPSA) is 41.5 Å². The Morgan fingerprint density at radius 1 is 1.27 bits per heavy atom. The van der Waals surface area contributed by atoms with Gasteiger partial charge in [-0.3, -0.25) is 0 Å². The van der Waals surface area contributed by atoms with Gasteiger partial charge in [0.05, 0.1) is 18.8 Å². The van der Waals surface area contributed by atoms with Crippen molar-refractivity contribution in [2.75, 3.05) is 18.5 Å². The van der Waals surface area contributed by atoms with E-state index in [0.717, 1.165) is 5.69 Å². The zero-order chi connectivity index (χ0) is 11.1. The highest BCUT2D eigenvalue weighted by Crippen LogP contribution is 2.04. The standard InChI is InChI=1S/C12H19NO2/c1-10(2)15-9-12(14)8-13-11-6-4-3-5-7-11/h3-7,10,12-14H,8-9H2,1-2H3. The number of ether oxygens (including phenoxy) is 1. The largest absolute Gasteiger partial charge is 0.389 e. The van der Waals surface area contributed by atoms with Crippen molar-refractivity contribution in [1.29, 1.82) is 0 Å². The van der Waals surface area contributed by atoms with Gasteiger partial charge in [-0.05, 0) is 26.0 Å². The average molecular weight is 209 g/mol. The Balaban J connectivity index is 2.19. The van der Waals surface area contributed by atoms with Crippen LogP contribution in [0.3, 0.4) is 0 Å². The number of hydrogen-bond acceptors (Lipinski definition) is 3. The maximum Gasteiger partial charge on any atom is 0.0945 e. The zero-order valence-corrected chi connectivity index (χ0v) is 9.31. The quantitative estimate of drug-likeness (QED) is 0.751. The fraction of sp³-hybridized carbons (Fsp3) is 0.500. The summed E-state index contributed by atoms with van der Waals surface area (Å²) in [5.74, 6) is 0. The van der Waals surface area contributed by atoms with Gasteiger partial charge in [0.15, 0.2) is 0 Å². The van der Waals surface area contributed by atoms with E-state index >= 15 is 0 Å². The van der Waals surface area contributed by atoms with Crippen LogP contribution >= 0.6 is 0 Å². The molecular formula is C12H19NO2. The number of anilines is 1. The normalized spacial score (nSPS) is 12.8. The molecule has 0 aromatic heterocycles. The van der Waals surface area contributed by atoms with Crippen molar-refractivity contribution in [2.24, 2.45) is 0 Å². The van der Waals surface area contributed by atoms with Gasteiger partial charge in [0, 0.05) is 12.2 Å². The number of benzene rings is 1. The summed E-state index contributed by atoms with van der Waals surface area (Å²) >= 11 is 0. The van der Waals surface area contributed by atoms with Gasteiger partial charge in [-0.1, -0.05) is 18.2 Å². The van der Waals surface area contributed by atoms with Crippen molar-refractivity contribution in [1.82, 2.24) is 0 Å². The lowest BCUT2D eigenvalue weighted by molar-refractivity contribution is 0.0112. The molecule has 15 heavy (non-hydrogen) atoms. The van der Waals surface area contributed by atoms with Crippen LogP contribution in [0.1, 0.15) is 13.8 Å². The van der Waals surface area contributed by atoms with Gasteiger partial charge in [0.1, 0.15) is 0 Å². The first-order chi connectivity index (χ1) is 7.18. The van der Waals surface area contributed by atoms with Crippen molar-refractivity contribution >= 4 is 5.69 Å². The molecule has 0 saturated heterocycles. The molecule has 0 radical (unpaired) electrons. The first-order valence-electron chi connectivity index (χ1n) is 5.27.